The second kappa shape index (κ2) is 5.50. The predicted molar refractivity (Wildman–Crippen MR) is 85.4 cm³/mol. The first-order valence-electron chi connectivity index (χ1n) is 7.65. The topological polar surface area (TPSA) is 66.6 Å². The van der Waals surface area contributed by atoms with Gasteiger partial charge in [0.2, 0.25) is 0 Å². The largest absolute Gasteiger partial charge is 0.398 e. The van der Waals surface area contributed by atoms with Crippen LogP contribution in [0.25, 0.3) is 0 Å². The number of benzene rings is 1. The molecule has 1 saturated heterocycles. The van der Waals surface area contributed by atoms with Gasteiger partial charge in [0.25, 0.3) is 0 Å². The summed E-state index contributed by atoms with van der Waals surface area (Å²) in [4.78, 5) is 0. The molecule has 1 aromatic carbocycles. The van der Waals surface area contributed by atoms with Crippen LogP contribution in [0.15, 0.2) is 18.2 Å². The molecule has 2 N–H and O–H groups in total. The zero-order chi connectivity index (χ0) is 15.0. The van der Waals surface area contributed by atoms with Gasteiger partial charge in [-0.25, -0.2) is 0 Å². The Bertz CT molecular complexity index is 622. The third-order valence-corrected chi connectivity index (χ3v) is 6.55. The Balaban J connectivity index is 1.93. The minimum Gasteiger partial charge on any atom is -0.398 e. The van der Waals surface area contributed by atoms with E-state index in [1.165, 1.54) is 0 Å². The van der Waals surface area contributed by atoms with Crippen molar-refractivity contribution < 1.29 is 8.42 Å². The molecule has 2 aliphatic rings. The summed E-state index contributed by atoms with van der Waals surface area (Å²) in [6.07, 6.45) is 3.56. The highest BCUT2D eigenvalue weighted by molar-refractivity contribution is 7.90. The Kier molecular flexibility index (Phi) is 3.84. The zero-order valence-corrected chi connectivity index (χ0v) is 13.3. The number of nitrogen functional groups attached to an aromatic ring is 1. The van der Waals surface area contributed by atoms with Gasteiger partial charge in [0, 0.05) is 25.3 Å². The molecule has 5 nitrogen and oxygen atoms in total. The molecule has 0 aromatic heterocycles. The average molecular weight is 309 g/mol. The van der Waals surface area contributed by atoms with Gasteiger partial charge < -0.3 is 5.73 Å². The van der Waals surface area contributed by atoms with Crippen molar-refractivity contribution in [2.75, 3.05) is 29.7 Å². The fourth-order valence-corrected chi connectivity index (χ4v) is 4.94. The molecule has 0 spiro atoms. The van der Waals surface area contributed by atoms with Crippen LogP contribution in [0.4, 0.5) is 11.4 Å². The number of rotatable bonds is 2. The Morgan fingerprint density at radius 1 is 1.19 bits per heavy atom. The summed E-state index contributed by atoms with van der Waals surface area (Å²) in [6, 6.07) is 5.55. The maximum absolute atomic E-state index is 12.9. The first-order chi connectivity index (χ1) is 10.00. The molecule has 0 atom stereocenters. The van der Waals surface area contributed by atoms with Gasteiger partial charge in [-0.2, -0.15) is 12.7 Å². The van der Waals surface area contributed by atoms with Crippen LogP contribution in [0.1, 0.15) is 31.7 Å². The highest BCUT2D eigenvalue weighted by Crippen LogP contribution is 2.34. The molecular weight excluding hydrogens is 286 g/mol. The number of nitrogens with two attached hydrogens (primary N) is 1. The van der Waals surface area contributed by atoms with E-state index in [0.717, 1.165) is 36.9 Å². The number of piperidine rings is 1. The lowest BCUT2D eigenvalue weighted by molar-refractivity contribution is 0.287. The van der Waals surface area contributed by atoms with Crippen LogP contribution in [0.5, 0.6) is 0 Å². The normalized spacial score (nSPS) is 21.3. The summed E-state index contributed by atoms with van der Waals surface area (Å²) in [7, 11) is -3.43. The monoisotopic (exact) mass is 309 g/mol. The van der Waals surface area contributed by atoms with E-state index >= 15 is 0 Å². The lowest BCUT2D eigenvalue weighted by Gasteiger charge is -2.37. The van der Waals surface area contributed by atoms with Crippen LogP contribution in [0, 0.1) is 5.92 Å². The smallest absolute Gasteiger partial charge is 0.304 e. The first kappa shape index (κ1) is 14.7. The molecule has 0 saturated carbocycles. The number of hydrogen-bond acceptors (Lipinski definition) is 3. The molecule has 116 valence electrons. The highest BCUT2D eigenvalue weighted by atomic mass is 32.2. The fraction of sp³-hybridized carbons (Fsp3) is 0.600. The van der Waals surface area contributed by atoms with Gasteiger partial charge in [0.05, 0.1) is 5.69 Å². The molecule has 0 amide bonds. The maximum atomic E-state index is 12.9. The molecule has 3 rings (SSSR count). The van der Waals surface area contributed by atoms with Gasteiger partial charge in [0.1, 0.15) is 0 Å². The number of fused-ring (bicyclic) bond motifs is 1. The summed E-state index contributed by atoms with van der Waals surface area (Å²) < 4.78 is 29.0. The molecule has 6 heteroatoms. The number of hydrogen-bond donors (Lipinski definition) is 1. The number of nitrogens with zero attached hydrogens (tertiary/aromatic N) is 2. The van der Waals surface area contributed by atoms with Gasteiger partial charge in [-0.05, 0) is 49.3 Å². The minimum atomic E-state index is -3.43. The second-order valence-corrected chi connectivity index (χ2v) is 7.96. The molecule has 2 heterocycles. The third-order valence-electron chi connectivity index (χ3n) is 4.59. The van der Waals surface area contributed by atoms with Crippen molar-refractivity contribution in [3.63, 3.8) is 0 Å². The lowest BCUT2D eigenvalue weighted by atomic mass is 10.0. The fourth-order valence-electron chi connectivity index (χ4n) is 3.21. The SMILES string of the molecule is CC1CCN(S(=O)(=O)N2CCCc3c(N)cccc32)CC1. The third kappa shape index (κ3) is 2.62. The predicted octanol–water partition coefficient (Wildman–Crippen LogP) is 2.00. The highest BCUT2D eigenvalue weighted by Gasteiger charge is 2.34. The van der Waals surface area contributed by atoms with E-state index in [4.69, 9.17) is 5.73 Å². The molecule has 0 bridgehead atoms. The summed E-state index contributed by atoms with van der Waals surface area (Å²) in [5.74, 6) is 0.612. The van der Waals surface area contributed by atoms with E-state index in [1.54, 1.807) is 8.61 Å². The van der Waals surface area contributed by atoms with Crippen molar-refractivity contribution in [3.8, 4) is 0 Å². The Morgan fingerprint density at radius 2 is 1.90 bits per heavy atom. The standard InChI is InChI=1S/C15H23N3O2S/c1-12-7-10-17(11-8-12)21(19,20)18-9-3-4-13-14(16)5-2-6-15(13)18/h2,5-6,12H,3-4,7-11,16H2,1H3. The van der Waals surface area contributed by atoms with E-state index in [1.807, 2.05) is 18.2 Å². The average Bonchev–Trinajstić information content (AvgIpc) is 2.47. The molecule has 1 fully saturated rings. The van der Waals surface area contributed by atoms with Crippen molar-refractivity contribution in [3.05, 3.63) is 23.8 Å². The van der Waals surface area contributed by atoms with E-state index in [0.29, 0.717) is 31.2 Å². The molecule has 0 unspecified atom stereocenters. The van der Waals surface area contributed by atoms with Gasteiger partial charge >= 0.3 is 10.2 Å². The molecule has 0 aliphatic carbocycles. The molecule has 2 aliphatic heterocycles. The van der Waals surface area contributed by atoms with Gasteiger partial charge in [-0.15, -0.1) is 0 Å². The molecule has 0 radical (unpaired) electrons. The second-order valence-electron chi connectivity index (χ2n) is 6.11. The molecule has 1 aromatic rings. The van der Waals surface area contributed by atoms with Crippen LogP contribution in [-0.4, -0.2) is 32.4 Å². The summed E-state index contributed by atoms with van der Waals surface area (Å²) in [5, 5.41) is 0. The van der Waals surface area contributed by atoms with E-state index < -0.39 is 10.2 Å². The minimum absolute atomic E-state index is 0.546. The maximum Gasteiger partial charge on any atom is 0.304 e. The Morgan fingerprint density at radius 3 is 2.62 bits per heavy atom. The Labute approximate surface area is 126 Å². The summed E-state index contributed by atoms with van der Waals surface area (Å²) >= 11 is 0. The van der Waals surface area contributed by atoms with E-state index in [-0.39, 0.29) is 0 Å². The van der Waals surface area contributed by atoms with Crippen molar-refractivity contribution >= 4 is 21.6 Å². The van der Waals surface area contributed by atoms with Gasteiger partial charge in [-0.3, -0.25) is 4.31 Å². The van der Waals surface area contributed by atoms with Gasteiger partial charge in [-0.1, -0.05) is 13.0 Å². The van der Waals surface area contributed by atoms with Crippen molar-refractivity contribution in [2.24, 2.45) is 5.92 Å². The van der Waals surface area contributed by atoms with Crippen LogP contribution in [0.3, 0.4) is 0 Å². The lowest BCUT2D eigenvalue weighted by Crippen LogP contribution is -2.48. The zero-order valence-electron chi connectivity index (χ0n) is 12.5. The first-order valence-corrected chi connectivity index (χ1v) is 9.05. The van der Waals surface area contributed by atoms with Gasteiger partial charge in [0.15, 0.2) is 0 Å². The molecular formula is C15H23N3O2S. The Hall–Kier alpha value is -1.27. The van der Waals surface area contributed by atoms with E-state index in [9.17, 15) is 8.42 Å². The quantitative estimate of drug-likeness (QED) is 0.850. The number of anilines is 2. The summed E-state index contributed by atoms with van der Waals surface area (Å²) in [5.41, 5.74) is 8.44. The van der Waals surface area contributed by atoms with Crippen LogP contribution < -0.4 is 10.0 Å². The van der Waals surface area contributed by atoms with Crippen molar-refractivity contribution in [2.45, 2.75) is 32.6 Å². The van der Waals surface area contributed by atoms with Crippen molar-refractivity contribution in [1.29, 1.82) is 0 Å². The van der Waals surface area contributed by atoms with Crippen molar-refractivity contribution in [1.82, 2.24) is 4.31 Å². The summed E-state index contributed by atoms with van der Waals surface area (Å²) in [6.45, 7) is 3.97. The van der Waals surface area contributed by atoms with E-state index in [2.05, 4.69) is 6.92 Å². The van der Waals surface area contributed by atoms with Crippen LogP contribution in [0.2, 0.25) is 0 Å². The van der Waals surface area contributed by atoms with Crippen LogP contribution >= 0.6 is 0 Å². The van der Waals surface area contributed by atoms with Crippen LogP contribution in [-0.2, 0) is 16.6 Å². The molecule has 21 heavy (non-hydrogen) atoms.